The highest BCUT2D eigenvalue weighted by Crippen LogP contribution is 2.30. The lowest BCUT2D eigenvalue weighted by molar-refractivity contribution is 0.0626. The Labute approximate surface area is 214 Å². The Morgan fingerprint density at radius 3 is 2.59 bits per heavy atom. The van der Waals surface area contributed by atoms with Gasteiger partial charge in [0.25, 0.3) is 5.91 Å². The molecule has 1 N–H and O–H groups in total. The molecule has 6 rings (SSSR count). The number of nitrogens with one attached hydrogen (secondary N) is 1. The third-order valence-corrected chi connectivity index (χ3v) is 7.26. The lowest BCUT2D eigenvalue weighted by Crippen LogP contribution is -2.49. The van der Waals surface area contributed by atoms with Crippen LogP contribution < -0.4 is 10.1 Å². The van der Waals surface area contributed by atoms with Crippen molar-refractivity contribution in [3.05, 3.63) is 71.9 Å². The van der Waals surface area contributed by atoms with Crippen molar-refractivity contribution in [2.75, 3.05) is 38.6 Å². The molecule has 0 unspecified atom stereocenters. The Bertz CT molecular complexity index is 1470. The van der Waals surface area contributed by atoms with E-state index in [9.17, 15) is 9.18 Å². The van der Waals surface area contributed by atoms with Gasteiger partial charge in [-0.05, 0) is 61.7 Å². The van der Waals surface area contributed by atoms with Crippen LogP contribution in [0.5, 0.6) is 5.75 Å². The number of hydrogen-bond acceptors (Lipinski definition) is 6. The minimum absolute atomic E-state index is 0.0874. The van der Waals surface area contributed by atoms with E-state index < -0.39 is 5.82 Å². The predicted octanol–water partition coefficient (Wildman–Crippen LogP) is 4.52. The first kappa shape index (κ1) is 23.4. The maximum Gasteiger partial charge on any atom is 0.254 e. The molecule has 1 aliphatic carbocycles. The number of carbonyl (C=O) groups excluding carboxylic acids is 1. The second-order valence-electron chi connectivity index (χ2n) is 9.68. The van der Waals surface area contributed by atoms with Crippen LogP contribution in [0.1, 0.15) is 28.8 Å². The first-order chi connectivity index (χ1) is 18.0. The number of anilines is 2. The van der Waals surface area contributed by atoms with Gasteiger partial charge < -0.3 is 15.0 Å². The summed E-state index contributed by atoms with van der Waals surface area (Å²) >= 11 is 0. The van der Waals surface area contributed by atoms with Crippen molar-refractivity contribution in [3.63, 3.8) is 0 Å². The van der Waals surface area contributed by atoms with Gasteiger partial charge in [-0.15, -0.1) is 0 Å². The molecule has 0 spiro atoms. The highest BCUT2D eigenvalue weighted by Gasteiger charge is 2.32. The fourth-order valence-corrected chi connectivity index (χ4v) is 5.06. The molecule has 9 heteroatoms. The second kappa shape index (κ2) is 9.48. The summed E-state index contributed by atoms with van der Waals surface area (Å²) in [6, 6.07) is 11.3. The van der Waals surface area contributed by atoms with Crippen LogP contribution in [-0.4, -0.2) is 69.4 Å². The van der Waals surface area contributed by atoms with Crippen molar-refractivity contribution < 1.29 is 13.9 Å². The largest absolute Gasteiger partial charge is 0.494 e. The van der Waals surface area contributed by atoms with Crippen molar-refractivity contribution in [2.45, 2.75) is 25.8 Å². The van der Waals surface area contributed by atoms with Gasteiger partial charge in [-0.1, -0.05) is 0 Å². The Hall–Kier alpha value is -3.98. The molecule has 0 radical (unpaired) electrons. The van der Waals surface area contributed by atoms with Gasteiger partial charge in [0.05, 0.1) is 19.0 Å². The molecular formula is C28H29FN6O2. The quantitative estimate of drug-likeness (QED) is 0.420. The lowest BCUT2D eigenvalue weighted by atomic mass is 10.1. The van der Waals surface area contributed by atoms with Gasteiger partial charge in [0.2, 0.25) is 0 Å². The topological polar surface area (TPSA) is 75.0 Å². The molecule has 0 bridgehead atoms. The van der Waals surface area contributed by atoms with Gasteiger partial charge in [-0.2, -0.15) is 0 Å². The van der Waals surface area contributed by atoms with E-state index in [1.54, 1.807) is 30.7 Å². The molecule has 1 saturated heterocycles. The average Bonchev–Trinajstić information content (AvgIpc) is 3.67. The van der Waals surface area contributed by atoms with E-state index in [0.29, 0.717) is 17.0 Å². The summed E-state index contributed by atoms with van der Waals surface area (Å²) in [5.41, 5.74) is 4.47. The number of fused-ring (bicyclic) bond motifs is 1. The predicted molar refractivity (Wildman–Crippen MR) is 140 cm³/mol. The molecule has 2 aliphatic rings. The molecule has 4 aromatic rings. The van der Waals surface area contributed by atoms with E-state index in [4.69, 9.17) is 4.74 Å². The van der Waals surface area contributed by atoms with E-state index >= 15 is 0 Å². The summed E-state index contributed by atoms with van der Waals surface area (Å²) in [5, 5.41) is 3.33. The molecule has 8 nitrogen and oxygen atoms in total. The van der Waals surface area contributed by atoms with E-state index in [0.717, 1.165) is 54.7 Å². The smallest absolute Gasteiger partial charge is 0.254 e. The Morgan fingerprint density at radius 2 is 1.89 bits per heavy atom. The number of halogens is 1. The van der Waals surface area contributed by atoms with Crippen LogP contribution in [0.3, 0.4) is 0 Å². The number of carbonyl (C=O) groups is 1. The third-order valence-electron chi connectivity index (χ3n) is 7.26. The third kappa shape index (κ3) is 4.51. The zero-order valence-electron chi connectivity index (χ0n) is 20.9. The average molecular weight is 501 g/mol. The van der Waals surface area contributed by atoms with Crippen LogP contribution in [0, 0.1) is 12.7 Å². The van der Waals surface area contributed by atoms with Crippen LogP contribution in [-0.2, 0) is 0 Å². The molecule has 1 aliphatic heterocycles. The second-order valence-corrected chi connectivity index (χ2v) is 9.68. The number of hydrogen-bond donors (Lipinski definition) is 1. The van der Waals surface area contributed by atoms with Crippen molar-refractivity contribution in [2.24, 2.45) is 0 Å². The van der Waals surface area contributed by atoms with Gasteiger partial charge in [-0.3, -0.25) is 14.1 Å². The number of aromatic nitrogens is 3. The minimum atomic E-state index is -0.433. The number of rotatable bonds is 6. The summed E-state index contributed by atoms with van der Waals surface area (Å²) in [6.07, 6.45) is 7.75. The summed E-state index contributed by atoms with van der Waals surface area (Å²) < 4.78 is 21.2. The Balaban J connectivity index is 1.21. The van der Waals surface area contributed by atoms with Crippen molar-refractivity contribution in [3.8, 4) is 17.0 Å². The number of nitrogens with zero attached hydrogens (tertiary/aromatic N) is 5. The first-order valence-corrected chi connectivity index (χ1v) is 12.6. The van der Waals surface area contributed by atoms with Gasteiger partial charge in [-0.25, -0.2) is 14.4 Å². The number of methoxy groups -OCH3 is 1. The van der Waals surface area contributed by atoms with Crippen molar-refractivity contribution >= 4 is 23.1 Å². The Morgan fingerprint density at radius 1 is 1.08 bits per heavy atom. The highest BCUT2D eigenvalue weighted by molar-refractivity contribution is 5.96. The molecule has 3 heterocycles. The normalized spacial score (nSPS) is 16.2. The maximum absolute atomic E-state index is 14.3. The van der Waals surface area contributed by atoms with Gasteiger partial charge in [0.15, 0.2) is 23.0 Å². The summed E-state index contributed by atoms with van der Waals surface area (Å²) in [6.45, 7) is 5.43. The number of benzene rings is 2. The van der Waals surface area contributed by atoms with Crippen LogP contribution in [0.25, 0.3) is 16.9 Å². The monoisotopic (exact) mass is 500 g/mol. The molecule has 37 heavy (non-hydrogen) atoms. The lowest BCUT2D eigenvalue weighted by Gasteiger charge is -2.35. The SMILES string of the molecule is COc1ccc(-c2cnc3c(Nc4ccc(C(=O)N5CCN(C6CC6)CC5)c(C)c4)nccn23)cc1F. The molecule has 1 amide bonds. The van der Waals surface area contributed by atoms with E-state index in [-0.39, 0.29) is 11.7 Å². The van der Waals surface area contributed by atoms with Crippen LogP contribution >= 0.6 is 0 Å². The van der Waals surface area contributed by atoms with E-state index in [1.807, 2.05) is 34.4 Å². The van der Waals surface area contributed by atoms with Gasteiger partial charge >= 0.3 is 0 Å². The number of imidazole rings is 1. The van der Waals surface area contributed by atoms with Crippen LogP contribution in [0.2, 0.25) is 0 Å². The van der Waals surface area contributed by atoms with Crippen molar-refractivity contribution in [1.82, 2.24) is 24.2 Å². The number of ether oxygens (including phenoxy) is 1. The van der Waals surface area contributed by atoms with Crippen LogP contribution in [0.4, 0.5) is 15.9 Å². The zero-order chi connectivity index (χ0) is 25.5. The standard InChI is InChI=1S/C28H29FN6O2/c1-18-15-20(4-7-22(18)28(36)34-13-11-33(12-14-34)21-5-6-21)32-26-27-31-17-24(35(27)10-9-30-26)19-3-8-25(37-2)23(29)16-19/h3-4,7-10,15-17,21H,5-6,11-14H2,1-2H3,(H,30,32). The number of amides is 1. The molecule has 2 fully saturated rings. The summed E-state index contributed by atoms with van der Waals surface area (Å²) in [4.78, 5) is 26.7. The highest BCUT2D eigenvalue weighted by atomic mass is 19.1. The van der Waals surface area contributed by atoms with Crippen LogP contribution in [0.15, 0.2) is 55.0 Å². The van der Waals surface area contributed by atoms with Crippen molar-refractivity contribution in [1.29, 1.82) is 0 Å². The number of piperazine rings is 1. The molecule has 2 aromatic carbocycles. The molecular weight excluding hydrogens is 471 g/mol. The first-order valence-electron chi connectivity index (χ1n) is 12.6. The minimum Gasteiger partial charge on any atom is -0.494 e. The Kier molecular flexibility index (Phi) is 6.00. The summed E-state index contributed by atoms with van der Waals surface area (Å²) in [5.74, 6) is 0.415. The summed E-state index contributed by atoms with van der Waals surface area (Å²) in [7, 11) is 1.44. The van der Waals surface area contributed by atoms with E-state index in [2.05, 4.69) is 20.2 Å². The molecule has 2 aromatic heterocycles. The van der Waals surface area contributed by atoms with E-state index in [1.165, 1.54) is 26.0 Å². The molecule has 0 atom stereocenters. The fourth-order valence-electron chi connectivity index (χ4n) is 5.06. The fraction of sp³-hybridized carbons (Fsp3) is 0.321. The van der Waals surface area contributed by atoms with Gasteiger partial charge in [0, 0.05) is 61.4 Å². The maximum atomic E-state index is 14.3. The number of aryl methyl sites for hydroxylation is 1. The molecule has 1 saturated carbocycles. The molecule has 190 valence electrons. The zero-order valence-corrected chi connectivity index (χ0v) is 20.9. The van der Waals surface area contributed by atoms with Gasteiger partial charge in [0.1, 0.15) is 0 Å².